The molecule has 0 aromatic heterocycles. The van der Waals surface area contributed by atoms with E-state index in [1.807, 2.05) is 0 Å². The second kappa shape index (κ2) is 3.21. The first-order valence-corrected chi connectivity index (χ1v) is 4.85. The summed E-state index contributed by atoms with van der Waals surface area (Å²) in [6, 6.07) is 0. The Hall–Kier alpha value is -0.610. The maximum absolute atomic E-state index is 11.8. The van der Waals surface area contributed by atoms with Crippen molar-refractivity contribution >= 4 is 5.97 Å². The van der Waals surface area contributed by atoms with Gasteiger partial charge in [0.1, 0.15) is 0 Å². The Labute approximate surface area is 84.5 Å². The van der Waals surface area contributed by atoms with Crippen LogP contribution in [0.5, 0.6) is 0 Å². The Morgan fingerprint density at radius 2 is 1.57 bits per heavy atom. The molecular formula is C10H17NO3-. The van der Waals surface area contributed by atoms with Crippen molar-refractivity contribution in [1.82, 2.24) is 5.06 Å². The van der Waals surface area contributed by atoms with Crippen LogP contribution in [0.2, 0.25) is 0 Å². The monoisotopic (exact) mass is 199 g/mol. The quantitative estimate of drug-likeness (QED) is 0.612. The van der Waals surface area contributed by atoms with E-state index >= 15 is 0 Å². The Balaban J connectivity index is 2.91. The smallest absolute Gasteiger partial charge is 0.0449 e. The van der Waals surface area contributed by atoms with E-state index in [9.17, 15) is 15.1 Å². The predicted octanol–water partition coefficient (Wildman–Crippen LogP) is 0.351. The molecule has 0 aromatic carbocycles. The Morgan fingerprint density at radius 3 is 1.86 bits per heavy atom. The van der Waals surface area contributed by atoms with Crippen molar-refractivity contribution in [2.45, 2.75) is 51.6 Å². The standard InChI is InChI=1S/C10H18NO3/c1-9(2)5-7(8(12)13)6-10(3,4)11(9)14/h7H,5-6H2,1-4H3,(H,12,13)/p-1. The van der Waals surface area contributed by atoms with Gasteiger partial charge in [0, 0.05) is 23.0 Å². The molecule has 1 fully saturated rings. The highest BCUT2D eigenvalue weighted by atomic mass is 16.5. The predicted molar refractivity (Wildman–Crippen MR) is 48.4 cm³/mol. The first kappa shape index (κ1) is 11.5. The first-order chi connectivity index (χ1) is 6.17. The van der Waals surface area contributed by atoms with Gasteiger partial charge in [-0.15, -0.1) is 10.3 Å². The van der Waals surface area contributed by atoms with Gasteiger partial charge in [0.05, 0.1) is 0 Å². The Morgan fingerprint density at radius 1 is 1.21 bits per heavy atom. The molecule has 1 aliphatic heterocycles. The molecular weight excluding hydrogens is 182 g/mol. The topological polar surface area (TPSA) is 63.3 Å². The molecule has 1 radical (unpaired) electrons. The third kappa shape index (κ3) is 1.91. The molecule has 0 bridgehead atoms. The van der Waals surface area contributed by atoms with Crippen LogP contribution in [0.15, 0.2) is 0 Å². The molecule has 4 nitrogen and oxygen atoms in total. The van der Waals surface area contributed by atoms with Crippen LogP contribution in [0.3, 0.4) is 0 Å². The molecule has 0 aliphatic carbocycles. The third-order valence-corrected chi connectivity index (χ3v) is 2.92. The zero-order valence-corrected chi connectivity index (χ0v) is 9.16. The Bertz CT molecular complexity index is 230. The van der Waals surface area contributed by atoms with Gasteiger partial charge in [-0.1, -0.05) is 0 Å². The fourth-order valence-electron chi connectivity index (χ4n) is 2.43. The van der Waals surface area contributed by atoms with Gasteiger partial charge >= 0.3 is 0 Å². The minimum atomic E-state index is -1.04. The molecule has 0 N–H and O–H groups in total. The lowest BCUT2D eigenvalue weighted by atomic mass is 9.75. The summed E-state index contributed by atoms with van der Waals surface area (Å²) >= 11 is 0. The van der Waals surface area contributed by atoms with Crippen molar-refractivity contribution in [3.8, 4) is 0 Å². The SMILES string of the molecule is CC1(C)CC(C(=O)[O-])CC(C)(C)N1[O]. The number of aliphatic carboxylic acids is 1. The van der Waals surface area contributed by atoms with Crippen LogP contribution in [0.4, 0.5) is 0 Å². The van der Waals surface area contributed by atoms with Crippen molar-refractivity contribution < 1.29 is 15.1 Å². The number of carboxylic acids is 1. The van der Waals surface area contributed by atoms with E-state index in [1.165, 1.54) is 0 Å². The van der Waals surface area contributed by atoms with Gasteiger partial charge in [-0.05, 0) is 40.5 Å². The van der Waals surface area contributed by atoms with Crippen LogP contribution in [-0.4, -0.2) is 22.1 Å². The lowest BCUT2D eigenvalue weighted by Gasteiger charge is -2.50. The molecule has 1 rings (SSSR count). The number of piperidine rings is 1. The van der Waals surface area contributed by atoms with Crippen molar-refractivity contribution in [1.29, 1.82) is 0 Å². The number of nitrogens with zero attached hydrogens (tertiary/aromatic N) is 1. The van der Waals surface area contributed by atoms with E-state index in [0.29, 0.717) is 12.8 Å². The summed E-state index contributed by atoms with van der Waals surface area (Å²) < 4.78 is 0. The molecule has 0 amide bonds. The number of hydrogen-bond donors (Lipinski definition) is 0. The summed E-state index contributed by atoms with van der Waals surface area (Å²) in [6.07, 6.45) is 0.727. The fourth-order valence-corrected chi connectivity index (χ4v) is 2.43. The summed E-state index contributed by atoms with van der Waals surface area (Å²) in [5.41, 5.74) is -1.24. The van der Waals surface area contributed by atoms with E-state index in [-0.39, 0.29) is 0 Å². The van der Waals surface area contributed by atoms with Gasteiger partial charge in [0.25, 0.3) is 0 Å². The number of carboxylic acid groups (broad SMARTS) is 1. The lowest BCUT2D eigenvalue weighted by Crippen LogP contribution is -2.60. The zero-order valence-electron chi connectivity index (χ0n) is 9.16. The fraction of sp³-hybridized carbons (Fsp3) is 0.900. The second-order valence-electron chi connectivity index (χ2n) is 5.34. The van der Waals surface area contributed by atoms with Gasteiger partial charge < -0.3 is 9.90 Å². The van der Waals surface area contributed by atoms with E-state index in [4.69, 9.17) is 0 Å². The highest BCUT2D eigenvalue weighted by Crippen LogP contribution is 2.39. The summed E-state index contributed by atoms with van der Waals surface area (Å²) in [5.74, 6) is -1.55. The molecule has 4 heteroatoms. The van der Waals surface area contributed by atoms with Gasteiger partial charge in [-0.3, -0.25) is 0 Å². The normalized spacial score (nSPS) is 27.5. The van der Waals surface area contributed by atoms with Crippen LogP contribution < -0.4 is 5.11 Å². The van der Waals surface area contributed by atoms with Gasteiger partial charge in [0.15, 0.2) is 0 Å². The Kier molecular flexibility index (Phi) is 2.63. The number of carbonyl (C=O) groups is 1. The molecule has 0 aromatic rings. The number of rotatable bonds is 1. The van der Waals surface area contributed by atoms with Gasteiger partial charge in [-0.25, -0.2) is 0 Å². The molecule has 1 aliphatic rings. The van der Waals surface area contributed by atoms with Crippen molar-refractivity contribution in [2.24, 2.45) is 5.92 Å². The van der Waals surface area contributed by atoms with E-state index in [2.05, 4.69) is 0 Å². The average molecular weight is 199 g/mol. The molecule has 0 atom stereocenters. The van der Waals surface area contributed by atoms with Crippen LogP contribution in [0.25, 0.3) is 0 Å². The maximum Gasteiger partial charge on any atom is 0.0449 e. The summed E-state index contributed by atoms with van der Waals surface area (Å²) in [7, 11) is 0. The third-order valence-electron chi connectivity index (χ3n) is 2.92. The summed E-state index contributed by atoms with van der Waals surface area (Å²) in [5, 5.41) is 23.7. The number of hydroxylamine groups is 2. The van der Waals surface area contributed by atoms with E-state index in [0.717, 1.165) is 5.06 Å². The highest BCUT2D eigenvalue weighted by Gasteiger charge is 2.46. The van der Waals surface area contributed by atoms with Crippen molar-refractivity contribution in [3.63, 3.8) is 0 Å². The van der Waals surface area contributed by atoms with E-state index < -0.39 is 23.0 Å². The average Bonchev–Trinajstić information content (AvgIpc) is 1.98. The second-order valence-corrected chi connectivity index (χ2v) is 5.34. The number of carbonyl (C=O) groups excluding carboxylic acids is 1. The molecule has 1 heterocycles. The van der Waals surface area contributed by atoms with Crippen LogP contribution >= 0.6 is 0 Å². The van der Waals surface area contributed by atoms with Gasteiger partial charge in [0.2, 0.25) is 0 Å². The molecule has 14 heavy (non-hydrogen) atoms. The van der Waals surface area contributed by atoms with Gasteiger partial charge in [-0.2, -0.15) is 0 Å². The number of hydrogen-bond acceptors (Lipinski definition) is 3. The molecule has 0 spiro atoms. The van der Waals surface area contributed by atoms with Crippen molar-refractivity contribution in [2.75, 3.05) is 0 Å². The maximum atomic E-state index is 11.8. The zero-order chi connectivity index (χ0) is 11.1. The first-order valence-electron chi connectivity index (χ1n) is 4.85. The minimum Gasteiger partial charge on any atom is -0.550 e. The molecule has 81 valence electrons. The molecule has 1 saturated heterocycles. The van der Waals surface area contributed by atoms with Crippen LogP contribution in [-0.2, 0) is 10.0 Å². The summed E-state index contributed by atoms with van der Waals surface area (Å²) in [4.78, 5) is 10.8. The molecule has 0 unspecified atom stereocenters. The van der Waals surface area contributed by atoms with Crippen LogP contribution in [0, 0.1) is 5.92 Å². The highest BCUT2D eigenvalue weighted by molar-refractivity contribution is 5.68. The largest absolute Gasteiger partial charge is 0.550 e. The van der Waals surface area contributed by atoms with E-state index in [1.54, 1.807) is 27.7 Å². The van der Waals surface area contributed by atoms with Crippen molar-refractivity contribution in [3.05, 3.63) is 0 Å². The molecule has 0 saturated carbocycles. The van der Waals surface area contributed by atoms with Crippen LogP contribution in [0.1, 0.15) is 40.5 Å². The minimum absolute atomic E-state index is 0.363. The lowest BCUT2D eigenvalue weighted by molar-refractivity contribution is -0.329. The summed E-state index contributed by atoms with van der Waals surface area (Å²) in [6.45, 7) is 7.10.